The van der Waals surface area contributed by atoms with E-state index in [2.05, 4.69) is 15.0 Å². The molecule has 2 N–H and O–H groups in total. The summed E-state index contributed by atoms with van der Waals surface area (Å²) in [6.45, 7) is 0.313. The van der Waals surface area contributed by atoms with Crippen LogP contribution >= 0.6 is 11.3 Å². The Kier molecular flexibility index (Phi) is 6.35. The zero-order chi connectivity index (χ0) is 20.9. The smallest absolute Gasteiger partial charge is 0.271 e. The van der Waals surface area contributed by atoms with Gasteiger partial charge in [0, 0.05) is 11.9 Å². The number of hydrogen-bond acceptors (Lipinski definition) is 7. The molecule has 0 saturated heterocycles. The van der Waals surface area contributed by atoms with Gasteiger partial charge in [-0.05, 0) is 42.0 Å². The van der Waals surface area contributed by atoms with Crippen molar-refractivity contribution in [1.82, 2.24) is 10.3 Å². The lowest BCUT2D eigenvalue weighted by atomic mass is 10.2. The molecule has 0 fully saturated rings. The first kappa shape index (κ1) is 20.6. The molecule has 3 rings (SSSR count). The van der Waals surface area contributed by atoms with Crippen molar-refractivity contribution in [1.29, 1.82) is 0 Å². The lowest BCUT2D eigenvalue weighted by Crippen LogP contribution is -2.23. The van der Waals surface area contributed by atoms with Gasteiger partial charge in [0.15, 0.2) is 5.13 Å². The summed E-state index contributed by atoms with van der Waals surface area (Å²) in [5.74, 6) is 0.884. The number of aromatic nitrogens is 1. The fourth-order valence-electron chi connectivity index (χ4n) is 2.37. The van der Waals surface area contributed by atoms with Crippen LogP contribution in [0.25, 0.3) is 0 Å². The number of thiazole rings is 1. The van der Waals surface area contributed by atoms with Crippen LogP contribution in [0.3, 0.4) is 0 Å². The van der Waals surface area contributed by atoms with E-state index in [1.807, 2.05) is 12.1 Å². The molecule has 0 radical (unpaired) electrons. The molecule has 8 nitrogen and oxygen atoms in total. The Bertz CT molecular complexity index is 1080. The Hall–Kier alpha value is -3.11. The van der Waals surface area contributed by atoms with Crippen LogP contribution in [0.4, 0.5) is 5.13 Å². The molecule has 0 bridgehead atoms. The average molecular weight is 434 g/mol. The summed E-state index contributed by atoms with van der Waals surface area (Å²) >= 11 is 1.03. The van der Waals surface area contributed by atoms with E-state index >= 15 is 0 Å². The molecule has 1 amide bonds. The number of nitrogens with zero attached hydrogens (tertiary/aromatic N) is 1. The van der Waals surface area contributed by atoms with Crippen molar-refractivity contribution in [3.63, 3.8) is 0 Å². The highest BCUT2D eigenvalue weighted by Gasteiger charge is 2.18. The van der Waals surface area contributed by atoms with Gasteiger partial charge in [0.2, 0.25) is 0 Å². The maximum absolute atomic E-state index is 12.4. The number of rotatable bonds is 8. The van der Waals surface area contributed by atoms with E-state index in [0.717, 1.165) is 22.6 Å². The summed E-state index contributed by atoms with van der Waals surface area (Å²) in [5.41, 5.74) is 1.03. The summed E-state index contributed by atoms with van der Waals surface area (Å²) in [7, 11) is -0.732. The Morgan fingerprint density at radius 2 is 1.59 bits per heavy atom. The van der Waals surface area contributed by atoms with Crippen molar-refractivity contribution in [3.8, 4) is 11.5 Å². The first-order chi connectivity index (χ1) is 13.9. The predicted molar refractivity (Wildman–Crippen MR) is 110 cm³/mol. The van der Waals surface area contributed by atoms with Gasteiger partial charge in [0.05, 0.1) is 19.1 Å². The molecule has 0 spiro atoms. The number of hydrogen-bond donors (Lipinski definition) is 2. The van der Waals surface area contributed by atoms with Crippen molar-refractivity contribution in [3.05, 3.63) is 65.2 Å². The lowest BCUT2D eigenvalue weighted by Gasteiger charge is -2.06. The average Bonchev–Trinajstić information content (AvgIpc) is 3.20. The molecular formula is C19H19N3O5S2. The molecule has 0 atom stereocenters. The number of ether oxygens (including phenoxy) is 2. The van der Waals surface area contributed by atoms with E-state index in [1.54, 1.807) is 31.4 Å². The second kappa shape index (κ2) is 8.93. The summed E-state index contributed by atoms with van der Waals surface area (Å²) in [6, 6.07) is 13.2. The summed E-state index contributed by atoms with van der Waals surface area (Å²) < 4.78 is 37.4. The Labute approximate surface area is 172 Å². The Morgan fingerprint density at radius 3 is 2.17 bits per heavy atom. The minimum absolute atomic E-state index is 0.0685. The molecule has 152 valence electrons. The molecule has 3 aromatic rings. The Morgan fingerprint density at radius 1 is 1.00 bits per heavy atom. The maximum Gasteiger partial charge on any atom is 0.271 e. The molecule has 2 aromatic carbocycles. The van der Waals surface area contributed by atoms with Crippen LogP contribution in [-0.4, -0.2) is 33.5 Å². The minimum atomic E-state index is -3.81. The monoisotopic (exact) mass is 433 g/mol. The fraction of sp³-hybridized carbons (Fsp3) is 0.158. The normalized spacial score (nSPS) is 11.0. The zero-order valence-corrected chi connectivity index (χ0v) is 17.3. The lowest BCUT2D eigenvalue weighted by molar-refractivity contribution is 0.0946. The van der Waals surface area contributed by atoms with Gasteiger partial charge in [-0.2, -0.15) is 0 Å². The maximum atomic E-state index is 12.4. The van der Waals surface area contributed by atoms with Gasteiger partial charge in [-0.15, -0.1) is 11.3 Å². The van der Waals surface area contributed by atoms with Gasteiger partial charge in [-0.3, -0.25) is 9.52 Å². The zero-order valence-electron chi connectivity index (χ0n) is 15.7. The van der Waals surface area contributed by atoms with Crippen LogP contribution < -0.4 is 19.5 Å². The van der Waals surface area contributed by atoms with Crippen molar-refractivity contribution < 1.29 is 22.7 Å². The molecule has 1 aromatic heterocycles. The van der Waals surface area contributed by atoms with Gasteiger partial charge in [0.25, 0.3) is 15.9 Å². The molecule has 10 heteroatoms. The predicted octanol–water partition coefficient (Wildman–Crippen LogP) is 2.89. The van der Waals surface area contributed by atoms with Gasteiger partial charge >= 0.3 is 0 Å². The summed E-state index contributed by atoms with van der Waals surface area (Å²) in [6.07, 6.45) is 0. The van der Waals surface area contributed by atoms with Gasteiger partial charge in [0.1, 0.15) is 17.2 Å². The van der Waals surface area contributed by atoms with Crippen LogP contribution in [0, 0.1) is 0 Å². The van der Waals surface area contributed by atoms with Crippen LogP contribution in [0.2, 0.25) is 0 Å². The summed E-state index contributed by atoms with van der Waals surface area (Å²) in [4.78, 5) is 16.4. The van der Waals surface area contributed by atoms with E-state index in [0.29, 0.717) is 12.3 Å². The molecule has 0 aliphatic heterocycles. The van der Waals surface area contributed by atoms with Crippen LogP contribution in [0.1, 0.15) is 16.1 Å². The highest BCUT2D eigenvalue weighted by molar-refractivity contribution is 7.93. The molecule has 0 aliphatic rings. The van der Waals surface area contributed by atoms with E-state index in [1.165, 1.54) is 24.6 Å². The minimum Gasteiger partial charge on any atom is -0.497 e. The van der Waals surface area contributed by atoms with E-state index in [-0.39, 0.29) is 15.7 Å². The van der Waals surface area contributed by atoms with Gasteiger partial charge < -0.3 is 14.8 Å². The van der Waals surface area contributed by atoms with E-state index in [4.69, 9.17) is 9.47 Å². The first-order valence-electron chi connectivity index (χ1n) is 8.45. The third-order valence-corrected chi connectivity index (χ3v) is 6.18. The molecule has 0 saturated carbocycles. The number of methoxy groups -OCH3 is 2. The van der Waals surface area contributed by atoms with Crippen molar-refractivity contribution in [2.45, 2.75) is 11.4 Å². The topological polar surface area (TPSA) is 107 Å². The number of benzene rings is 2. The first-order valence-corrected chi connectivity index (χ1v) is 10.8. The summed E-state index contributed by atoms with van der Waals surface area (Å²) in [5, 5.41) is 4.35. The molecule has 29 heavy (non-hydrogen) atoms. The number of carbonyl (C=O) groups is 1. The second-order valence-electron chi connectivity index (χ2n) is 5.85. The standard InChI is InChI=1S/C19H19N3O5S2/c1-26-14-5-3-13(4-6-14)11-20-18(23)17-12-28-19(21-17)22-29(24,25)16-9-7-15(27-2)8-10-16/h3-10,12H,11H2,1-2H3,(H,20,23)(H,21,22). The van der Waals surface area contributed by atoms with Gasteiger partial charge in [-0.1, -0.05) is 12.1 Å². The van der Waals surface area contributed by atoms with Crippen molar-refractivity contribution >= 4 is 32.4 Å². The molecule has 1 heterocycles. The number of nitrogens with one attached hydrogen (secondary N) is 2. The van der Waals surface area contributed by atoms with E-state index in [9.17, 15) is 13.2 Å². The third kappa shape index (κ3) is 5.24. The van der Waals surface area contributed by atoms with Gasteiger partial charge in [-0.25, -0.2) is 13.4 Å². The van der Waals surface area contributed by atoms with Crippen LogP contribution in [-0.2, 0) is 16.6 Å². The second-order valence-corrected chi connectivity index (χ2v) is 8.39. The van der Waals surface area contributed by atoms with E-state index < -0.39 is 15.9 Å². The third-order valence-electron chi connectivity index (χ3n) is 3.94. The SMILES string of the molecule is COc1ccc(CNC(=O)c2csc(NS(=O)(=O)c3ccc(OC)cc3)n2)cc1. The number of amides is 1. The Balaban J connectivity index is 1.62. The molecule has 0 aliphatic carbocycles. The largest absolute Gasteiger partial charge is 0.497 e. The number of carbonyl (C=O) groups excluding carboxylic acids is 1. The number of sulfonamides is 1. The highest BCUT2D eigenvalue weighted by atomic mass is 32.2. The van der Waals surface area contributed by atoms with Crippen molar-refractivity contribution in [2.24, 2.45) is 0 Å². The van der Waals surface area contributed by atoms with Crippen molar-refractivity contribution in [2.75, 3.05) is 18.9 Å². The highest BCUT2D eigenvalue weighted by Crippen LogP contribution is 2.22. The van der Waals surface area contributed by atoms with Crippen LogP contribution in [0.15, 0.2) is 58.8 Å². The molecule has 0 unspecified atom stereocenters. The fourth-order valence-corrected chi connectivity index (χ4v) is 4.31. The van der Waals surface area contributed by atoms with Crippen LogP contribution in [0.5, 0.6) is 11.5 Å². The quantitative estimate of drug-likeness (QED) is 0.566. The molecular weight excluding hydrogens is 414 g/mol. The number of anilines is 1.